The summed E-state index contributed by atoms with van der Waals surface area (Å²) in [5.41, 5.74) is 2.28. The van der Waals surface area contributed by atoms with Crippen molar-refractivity contribution in [2.45, 2.75) is 63.4 Å². The van der Waals surface area contributed by atoms with Crippen molar-refractivity contribution in [3.63, 3.8) is 0 Å². The van der Waals surface area contributed by atoms with E-state index >= 15 is 0 Å². The molecule has 3 aromatic rings. The summed E-state index contributed by atoms with van der Waals surface area (Å²) in [4.78, 5) is 29.0. The molecule has 0 aliphatic heterocycles. The molecule has 0 aliphatic carbocycles. The fourth-order valence-electron chi connectivity index (χ4n) is 3.67. The predicted molar refractivity (Wildman–Crippen MR) is 129 cm³/mol. The van der Waals surface area contributed by atoms with Gasteiger partial charge in [-0.3, -0.25) is 9.36 Å². The molecule has 0 fully saturated rings. The quantitative estimate of drug-likeness (QED) is 0.455. The van der Waals surface area contributed by atoms with Crippen molar-refractivity contribution in [1.82, 2.24) is 14.9 Å². The minimum atomic E-state index is -1.03. The molecule has 0 saturated carbocycles. The molecule has 1 heterocycles. The third-order valence-corrected chi connectivity index (χ3v) is 6.72. The summed E-state index contributed by atoms with van der Waals surface area (Å²) in [6, 6.07) is 11.6. The standard InChI is InChI=1S/C25H31N3O3S/c1-15(2)17-11-12-20(19-10-8-7-9-18(17)19)28-14-13-26-24(28)32-25(5,6)23(31)27-21(16(3)4)22(29)30/h7-16,21H,1-6H3,(H,27,31)(H,29,30). The van der Waals surface area contributed by atoms with Crippen LogP contribution in [0, 0.1) is 5.92 Å². The third kappa shape index (κ3) is 4.83. The van der Waals surface area contributed by atoms with E-state index in [-0.39, 0.29) is 11.8 Å². The molecule has 6 nitrogen and oxygen atoms in total. The largest absolute Gasteiger partial charge is 0.480 e. The average molecular weight is 454 g/mol. The van der Waals surface area contributed by atoms with Crippen LogP contribution < -0.4 is 5.32 Å². The van der Waals surface area contributed by atoms with Gasteiger partial charge in [-0.2, -0.15) is 0 Å². The van der Waals surface area contributed by atoms with Gasteiger partial charge >= 0.3 is 5.97 Å². The van der Waals surface area contributed by atoms with E-state index in [4.69, 9.17) is 0 Å². The van der Waals surface area contributed by atoms with Crippen LogP contribution in [0.25, 0.3) is 16.5 Å². The average Bonchev–Trinajstić information content (AvgIpc) is 3.17. The molecule has 2 N–H and O–H groups in total. The van der Waals surface area contributed by atoms with Crippen LogP contribution in [0.15, 0.2) is 53.9 Å². The van der Waals surface area contributed by atoms with Gasteiger partial charge in [0.25, 0.3) is 0 Å². The van der Waals surface area contributed by atoms with Crippen LogP contribution in [-0.2, 0) is 9.59 Å². The summed E-state index contributed by atoms with van der Waals surface area (Å²) in [5, 5.41) is 15.1. The maximum absolute atomic E-state index is 13.0. The molecule has 1 amide bonds. The van der Waals surface area contributed by atoms with E-state index in [0.717, 1.165) is 11.1 Å². The Hall–Kier alpha value is -2.80. The molecule has 1 atom stereocenters. The monoisotopic (exact) mass is 453 g/mol. The molecular formula is C25H31N3O3S. The van der Waals surface area contributed by atoms with E-state index in [9.17, 15) is 14.7 Å². The number of nitrogens with one attached hydrogen (secondary N) is 1. The SMILES string of the molecule is CC(C)c1ccc(-n2ccnc2SC(C)(C)C(=O)NC(C(=O)O)C(C)C)c2ccccc12. The molecule has 0 aliphatic rings. The van der Waals surface area contributed by atoms with Crippen molar-refractivity contribution in [2.24, 2.45) is 5.92 Å². The van der Waals surface area contributed by atoms with Gasteiger partial charge in [0, 0.05) is 17.8 Å². The number of fused-ring (bicyclic) bond motifs is 1. The Kier molecular flexibility index (Phi) is 6.98. The van der Waals surface area contributed by atoms with Crippen molar-refractivity contribution in [3.8, 4) is 5.69 Å². The zero-order chi connectivity index (χ0) is 23.6. The Morgan fingerprint density at radius 2 is 1.72 bits per heavy atom. The summed E-state index contributed by atoms with van der Waals surface area (Å²) >= 11 is 1.31. The highest BCUT2D eigenvalue weighted by Gasteiger charge is 2.35. The van der Waals surface area contributed by atoms with Crippen LogP contribution in [-0.4, -0.2) is 37.3 Å². The van der Waals surface area contributed by atoms with E-state index in [1.54, 1.807) is 33.9 Å². The Bertz CT molecular complexity index is 1130. The highest BCUT2D eigenvalue weighted by atomic mass is 32.2. The first-order valence-electron chi connectivity index (χ1n) is 10.8. The zero-order valence-corrected chi connectivity index (χ0v) is 20.2. The van der Waals surface area contributed by atoms with Gasteiger partial charge < -0.3 is 10.4 Å². The molecule has 32 heavy (non-hydrogen) atoms. The molecule has 1 aromatic heterocycles. The molecule has 0 spiro atoms. The summed E-state index contributed by atoms with van der Waals surface area (Å²) < 4.78 is 1.07. The van der Waals surface area contributed by atoms with Crippen LogP contribution in [0.4, 0.5) is 0 Å². The van der Waals surface area contributed by atoms with Gasteiger partial charge in [-0.15, -0.1) is 0 Å². The fraction of sp³-hybridized carbons (Fsp3) is 0.400. The van der Waals surface area contributed by atoms with E-state index in [1.165, 1.54) is 22.7 Å². The number of carboxylic acid groups (broad SMARTS) is 1. The maximum Gasteiger partial charge on any atom is 0.326 e. The number of carbonyl (C=O) groups excluding carboxylic acids is 1. The molecule has 0 bridgehead atoms. The van der Waals surface area contributed by atoms with E-state index < -0.39 is 16.8 Å². The molecule has 0 radical (unpaired) electrons. The lowest BCUT2D eigenvalue weighted by Crippen LogP contribution is -2.50. The second-order valence-electron chi connectivity index (χ2n) is 9.10. The normalized spacial score (nSPS) is 13.0. The number of aromatic nitrogens is 2. The predicted octanol–water partition coefficient (Wildman–Crippen LogP) is 5.25. The van der Waals surface area contributed by atoms with Gasteiger partial charge in [0.1, 0.15) is 6.04 Å². The van der Waals surface area contributed by atoms with Crippen LogP contribution in [0.2, 0.25) is 0 Å². The number of carboxylic acids is 1. The van der Waals surface area contributed by atoms with Gasteiger partial charge in [0.15, 0.2) is 5.16 Å². The maximum atomic E-state index is 13.0. The first-order chi connectivity index (χ1) is 15.0. The lowest BCUT2D eigenvalue weighted by molar-refractivity contribution is -0.143. The number of nitrogens with zero attached hydrogens (tertiary/aromatic N) is 2. The molecule has 1 unspecified atom stereocenters. The number of imidazole rings is 1. The second kappa shape index (κ2) is 9.36. The number of carbonyl (C=O) groups is 2. The fourth-order valence-corrected chi connectivity index (χ4v) is 4.65. The first-order valence-corrected chi connectivity index (χ1v) is 11.6. The number of hydrogen-bond donors (Lipinski definition) is 2. The highest BCUT2D eigenvalue weighted by molar-refractivity contribution is 8.01. The Morgan fingerprint density at radius 3 is 2.31 bits per heavy atom. The van der Waals surface area contributed by atoms with E-state index in [2.05, 4.69) is 48.4 Å². The Balaban J connectivity index is 1.95. The summed E-state index contributed by atoms with van der Waals surface area (Å²) in [7, 11) is 0. The van der Waals surface area contributed by atoms with Gasteiger partial charge in [-0.25, -0.2) is 9.78 Å². The van der Waals surface area contributed by atoms with Crippen molar-refractivity contribution in [2.75, 3.05) is 0 Å². The van der Waals surface area contributed by atoms with Crippen molar-refractivity contribution >= 4 is 34.4 Å². The van der Waals surface area contributed by atoms with Gasteiger partial charge in [-0.1, -0.05) is 69.8 Å². The summed E-state index contributed by atoms with van der Waals surface area (Å²) in [6.45, 7) is 11.5. The molecule has 0 saturated heterocycles. The lowest BCUT2D eigenvalue weighted by atomic mass is 9.95. The summed E-state index contributed by atoms with van der Waals surface area (Å²) in [5.74, 6) is -1.19. The zero-order valence-electron chi connectivity index (χ0n) is 19.4. The van der Waals surface area contributed by atoms with E-state index in [0.29, 0.717) is 11.1 Å². The minimum Gasteiger partial charge on any atom is -0.480 e. The van der Waals surface area contributed by atoms with Crippen LogP contribution >= 0.6 is 11.8 Å². The Labute approximate surface area is 193 Å². The van der Waals surface area contributed by atoms with E-state index in [1.807, 2.05) is 22.9 Å². The van der Waals surface area contributed by atoms with Gasteiger partial charge in [0.05, 0.1) is 10.4 Å². The lowest BCUT2D eigenvalue weighted by Gasteiger charge is -2.27. The summed E-state index contributed by atoms with van der Waals surface area (Å²) in [6.07, 6.45) is 3.61. The molecule has 2 aromatic carbocycles. The smallest absolute Gasteiger partial charge is 0.326 e. The molecule has 170 valence electrons. The van der Waals surface area contributed by atoms with Crippen LogP contribution in [0.1, 0.15) is 53.0 Å². The molecule has 3 rings (SSSR count). The van der Waals surface area contributed by atoms with Crippen molar-refractivity contribution < 1.29 is 14.7 Å². The number of thioether (sulfide) groups is 1. The number of amides is 1. The molecular weight excluding hydrogens is 422 g/mol. The third-order valence-electron chi connectivity index (χ3n) is 5.54. The van der Waals surface area contributed by atoms with Crippen LogP contribution in [0.3, 0.4) is 0 Å². The number of aliphatic carboxylic acids is 1. The topological polar surface area (TPSA) is 84.2 Å². The van der Waals surface area contributed by atoms with Crippen LogP contribution in [0.5, 0.6) is 0 Å². The van der Waals surface area contributed by atoms with Crippen molar-refractivity contribution in [1.29, 1.82) is 0 Å². The van der Waals surface area contributed by atoms with Crippen molar-refractivity contribution in [3.05, 3.63) is 54.4 Å². The number of benzene rings is 2. The first kappa shape index (κ1) is 23.9. The Morgan fingerprint density at radius 1 is 1.06 bits per heavy atom. The number of rotatable bonds is 8. The highest BCUT2D eigenvalue weighted by Crippen LogP contribution is 2.36. The number of hydrogen-bond acceptors (Lipinski definition) is 4. The van der Waals surface area contributed by atoms with Gasteiger partial charge in [-0.05, 0) is 42.7 Å². The molecule has 7 heteroatoms. The second-order valence-corrected chi connectivity index (χ2v) is 10.7. The van der Waals surface area contributed by atoms with Gasteiger partial charge in [0.2, 0.25) is 5.91 Å². The minimum absolute atomic E-state index is 0.218.